The average Bonchev–Trinajstić information content (AvgIpc) is 2.90. The van der Waals surface area contributed by atoms with Crippen LogP contribution in [-0.4, -0.2) is 13.1 Å². The van der Waals surface area contributed by atoms with Gasteiger partial charge in [-0.05, 0) is 24.3 Å². The van der Waals surface area contributed by atoms with Gasteiger partial charge in [-0.2, -0.15) is 0 Å². The van der Waals surface area contributed by atoms with E-state index >= 15 is 0 Å². The zero-order valence-electron chi connectivity index (χ0n) is 10.4. The Bertz CT molecular complexity index is 707. The molecule has 0 aliphatic rings. The van der Waals surface area contributed by atoms with E-state index in [9.17, 15) is 4.79 Å². The van der Waals surface area contributed by atoms with E-state index in [1.165, 1.54) is 7.11 Å². The molecule has 0 radical (unpaired) electrons. The van der Waals surface area contributed by atoms with Gasteiger partial charge < -0.3 is 9.15 Å². The fourth-order valence-electron chi connectivity index (χ4n) is 2.04. The molecule has 3 rings (SSSR count). The first-order valence-electron chi connectivity index (χ1n) is 5.95. The molecule has 0 amide bonds. The number of rotatable bonds is 2. The number of furan rings is 1. The lowest BCUT2D eigenvalue weighted by molar-refractivity contribution is 0.0601. The largest absolute Gasteiger partial charge is 0.465 e. The molecule has 3 nitrogen and oxygen atoms in total. The topological polar surface area (TPSA) is 39.4 Å². The van der Waals surface area contributed by atoms with Gasteiger partial charge in [0.25, 0.3) is 0 Å². The molecule has 94 valence electrons. The molecular weight excluding hydrogens is 240 g/mol. The molecule has 19 heavy (non-hydrogen) atoms. The molecule has 1 heterocycles. The molecule has 0 aliphatic carbocycles. The van der Waals surface area contributed by atoms with Gasteiger partial charge in [0.2, 0.25) is 0 Å². The quantitative estimate of drug-likeness (QED) is 0.649. The van der Waals surface area contributed by atoms with Gasteiger partial charge in [0.1, 0.15) is 11.3 Å². The molecule has 0 atom stereocenters. The van der Waals surface area contributed by atoms with Crippen molar-refractivity contribution < 1.29 is 13.9 Å². The van der Waals surface area contributed by atoms with Crippen molar-refractivity contribution in [3.63, 3.8) is 0 Å². The molecule has 2 aromatic carbocycles. The molecule has 0 unspecified atom stereocenters. The number of carbonyl (C=O) groups excluding carboxylic acids is 1. The third-order valence-corrected chi connectivity index (χ3v) is 2.99. The highest BCUT2D eigenvalue weighted by Gasteiger charge is 2.09. The number of carbonyl (C=O) groups is 1. The summed E-state index contributed by atoms with van der Waals surface area (Å²) >= 11 is 0. The maximum absolute atomic E-state index is 11.5. The monoisotopic (exact) mass is 252 g/mol. The van der Waals surface area contributed by atoms with Gasteiger partial charge in [-0.3, -0.25) is 0 Å². The number of hydrogen-bond acceptors (Lipinski definition) is 3. The van der Waals surface area contributed by atoms with Gasteiger partial charge in [-0.1, -0.05) is 30.3 Å². The number of hydrogen-bond donors (Lipinski definition) is 0. The van der Waals surface area contributed by atoms with E-state index in [1.807, 2.05) is 42.5 Å². The Morgan fingerprint density at radius 2 is 1.89 bits per heavy atom. The van der Waals surface area contributed by atoms with E-state index in [-0.39, 0.29) is 5.97 Å². The smallest absolute Gasteiger partial charge is 0.337 e. The Balaban J connectivity index is 2.08. The van der Waals surface area contributed by atoms with E-state index in [4.69, 9.17) is 9.15 Å². The van der Waals surface area contributed by atoms with Crippen molar-refractivity contribution in [2.45, 2.75) is 0 Å². The van der Waals surface area contributed by atoms with Crippen LogP contribution in [0.1, 0.15) is 10.4 Å². The summed E-state index contributed by atoms with van der Waals surface area (Å²) in [5.41, 5.74) is 2.21. The highest BCUT2D eigenvalue weighted by molar-refractivity contribution is 5.91. The molecule has 0 spiro atoms. The first-order chi connectivity index (χ1) is 9.28. The van der Waals surface area contributed by atoms with Crippen LogP contribution >= 0.6 is 0 Å². The number of fused-ring (bicyclic) bond motifs is 1. The maximum Gasteiger partial charge on any atom is 0.337 e. The molecule has 0 saturated heterocycles. The Hall–Kier alpha value is -2.55. The first kappa shape index (κ1) is 11.5. The molecular formula is C16H12O3. The van der Waals surface area contributed by atoms with Gasteiger partial charge in [0, 0.05) is 10.9 Å². The van der Waals surface area contributed by atoms with Crippen LogP contribution in [0.3, 0.4) is 0 Å². The fraction of sp³-hybridized carbons (Fsp3) is 0.0625. The Morgan fingerprint density at radius 3 is 2.68 bits per heavy atom. The van der Waals surface area contributed by atoms with Crippen molar-refractivity contribution in [1.29, 1.82) is 0 Å². The summed E-state index contributed by atoms with van der Waals surface area (Å²) in [4.78, 5) is 11.5. The van der Waals surface area contributed by atoms with Gasteiger partial charge >= 0.3 is 5.97 Å². The minimum atomic E-state index is -0.349. The summed E-state index contributed by atoms with van der Waals surface area (Å²) in [5, 5.41) is 1.04. The molecule has 0 fully saturated rings. The number of benzene rings is 2. The summed E-state index contributed by atoms with van der Waals surface area (Å²) in [6.45, 7) is 0. The second-order valence-electron chi connectivity index (χ2n) is 4.22. The van der Waals surface area contributed by atoms with Gasteiger partial charge in [0.15, 0.2) is 0 Å². The zero-order valence-corrected chi connectivity index (χ0v) is 10.4. The minimum absolute atomic E-state index is 0.349. The van der Waals surface area contributed by atoms with E-state index in [1.54, 1.807) is 12.1 Å². The van der Waals surface area contributed by atoms with E-state index in [2.05, 4.69) is 0 Å². The fourth-order valence-corrected chi connectivity index (χ4v) is 2.04. The standard InChI is InChI=1S/C16H12O3/c1-18-16(17)13-7-4-6-11(9-13)15-10-12-5-2-3-8-14(12)19-15/h2-10H,1H3. The van der Waals surface area contributed by atoms with Crippen molar-refractivity contribution in [3.8, 4) is 11.3 Å². The average molecular weight is 252 g/mol. The second-order valence-corrected chi connectivity index (χ2v) is 4.22. The van der Waals surface area contributed by atoms with Crippen LogP contribution in [0.4, 0.5) is 0 Å². The normalized spacial score (nSPS) is 10.6. The van der Waals surface area contributed by atoms with Crippen LogP contribution in [0.25, 0.3) is 22.3 Å². The van der Waals surface area contributed by atoms with Crippen LogP contribution < -0.4 is 0 Å². The molecule has 3 aromatic rings. The second kappa shape index (κ2) is 4.61. The van der Waals surface area contributed by atoms with Crippen LogP contribution in [-0.2, 0) is 4.74 Å². The number of ether oxygens (including phenoxy) is 1. The lowest BCUT2D eigenvalue weighted by atomic mass is 10.1. The van der Waals surface area contributed by atoms with E-state index in [0.29, 0.717) is 5.56 Å². The molecule has 0 saturated carbocycles. The molecule has 0 N–H and O–H groups in total. The third kappa shape index (κ3) is 2.10. The van der Waals surface area contributed by atoms with Crippen molar-refractivity contribution in [3.05, 3.63) is 60.2 Å². The molecule has 1 aromatic heterocycles. The lowest BCUT2D eigenvalue weighted by Gasteiger charge is -2.01. The number of para-hydroxylation sites is 1. The van der Waals surface area contributed by atoms with Gasteiger partial charge in [0.05, 0.1) is 12.7 Å². The van der Waals surface area contributed by atoms with Crippen molar-refractivity contribution in [2.75, 3.05) is 7.11 Å². The predicted octanol–water partition coefficient (Wildman–Crippen LogP) is 3.89. The Labute approximate surface area is 110 Å². The molecule has 3 heteroatoms. The minimum Gasteiger partial charge on any atom is -0.465 e. The van der Waals surface area contributed by atoms with E-state index < -0.39 is 0 Å². The Morgan fingerprint density at radius 1 is 1.05 bits per heavy atom. The van der Waals surface area contributed by atoms with Crippen molar-refractivity contribution in [2.24, 2.45) is 0 Å². The SMILES string of the molecule is COC(=O)c1cccc(-c2cc3ccccc3o2)c1. The number of esters is 1. The zero-order chi connectivity index (χ0) is 13.2. The highest BCUT2D eigenvalue weighted by atomic mass is 16.5. The maximum atomic E-state index is 11.5. The van der Waals surface area contributed by atoms with Crippen LogP contribution in [0.5, 0.6) is 0 Å². The highest BCUT2D eigenvalue weighted by Crippen LogP contribution is 2.28. The van der Waals surface area contributed by atoms with Crippen LogP contribution in [0, 0.1) is 0 Å². The van der Waals surface area contributed by atoms with Crippen LogP contribution in [0.2, 0.25) is 0 Å². The molecule has 0 bridgehead atoms. The lowest BCUT2D eigenvalue weighted by Crippen LogP contribution is -2.00. The molecule has 0 aliphatic heterocycles. The number of methoxy groups -OCH3 is 1. The predicted molar refractivity (Wildman–Crippen MR) is 73.0 cm³/mol. The van der Waals surface area contributed by atoms with Crippen LogP contribution in [0.15, 0.2) is 59.0 Å². The van der Waals surface area contributed by atoms with Crippen molar-refractivity contribution in [1.82, 2.24) is 0 Å². The van der Waals surface area contributed by atoms with Gasteiger partial charge in [-0.25, -0.2) is 4.79 Å². The summed E-state index contributed by atoms with van der Waals surface area (Å²) in [6.07, 6.45) is 0. The van der Waals surface area contributed by atoms with Gasteiger partial charge in [-0.15, -0.1) is 0 Å². The van der Waals surface area contributed by atoms with Crippen molar-refractivity contribution >= 4 is 16.9 Å². The van der Waals surface area contributed by atoms with E-state index in [0.717, 1.165) is 22.3 Å². The summed E-state index contributed by atoms with van der Waals surface area (Å²) in [7, 11) is 1.37. The Kier molecular flexibility index (Phi) is 2.80. The summed E-state index contributed by atoms with van der Waals surface area (Å²) < 4.78 is 10.5. The third-order valence-electron chi connectivity index (χ3n) is 2.99. The summed E-state index contributed by atoms with van der Waals surface area (Å²) in [5.74, 6) is 0.393. The first-order valence-corrected chi connectivity index (χ1v) is 5.95. The summed E-state index contributed by atoms with van der Waals surface area (Å²) in [6, 6.07) is 17.0.